The standard InChI is InChI=1S/C8H2F6O/c9-3-1-2-4(10)6(11)5(3)7(15)8(12,13)14/h1-2H. The van der Waals surface area contributed by atoms with Crippen LogP contribution in [0.1, 0.15) is 10.4 Å². The normalized spacial score (nSPS) is 11.6. The highest BCUT2D eigenvalue weighted by Gasteiger charge is 2.42. The molecule has 1 rings (SSSR count). The van der Waals surface area contributed by atoms with Crippen molar-refractivity contribution in [1.82, 2.24) is 0 Å². The van der Waals surface area contributed by atoms with Gasteiger partial charge >= 0.3 is 6.18 Å². The number of hydrogen-bond donors (Lipinski definition) is 0. The highest BCUT2D eigenvalue weighted by molar-refractivity contribution is 6.00. The Morgan fingerprint density at radius 1 is 1.00 bits per heavy atom. The van der Waals surface area contributed by atoms with E-state index < -0.39 is 35.0 Å². The van der Waals surface area contributed by atoms with Gasteiger partial charge < -0.3 is 0 Å². The van der Waals surface area contributed by atoms with Crippen LogP contribution in [-0.4, -0.2) is 12.0 Å². The van der Waals surface area contributed by atoms with Crippen LogP contribution in [0.5, 0.6) is 0 Å². The highest BCUT2D eigenvalue weighted by Crippen LogP contribution is 2.25. The summed E-state index contributed by atoms with van der Waals surface area (Å²) in [5, 5.41) is 0. The van der Waals surface area contributed by atoms with Crippen molar-refractivity contribution in [2.24, 2.45) is 0 Å². The molecule has 0 N–H and O–H groups in total. The Labute approximate surface area is 79.3 Å². The SMILES string of the molecule is O=C(c1c(F)ccc(F)c1F)C(F)(F)F. The number of hydrogen-bond acceptors (Lipinski definition) is 1. The van der Waals surface area contributed by atoms with Crippen molar-refractivity contribution in [3.05, 3.63) is 35.1 Å². The second-order valence-electron chi connectivity index (χ2n) is 2.55. The quantitative estimate of drug-likeness (QED) is 0.410. The number of carbonyl (C=O) groups excluding carboxylic acids is 1. The van der Waals surface area contributed by atoms with Gasteiger partial charge in [-0.2, -0.15) is 13.2 Å². The third-order valence-electron chi connectivity index (χ3n) is 1.53. The Bertz CT molecular complexity index is 408. The van der Waals surface area contributed by atoms with Gasteiger partial charge in [-0.15, -0.1) is 0 Å². The molecule has 0 aliphatic carbocycles. The van der Waals surface area contributed by atoms with Crippen LogP contribution >= 0.6 is 0 Å². The lowest BCUT2D eigenvalue weighted by molar-refractivity contribution is -0.0890. The van der Waals surface area contributed by atoms with Crippen molar-refractivity contribution in [2.45, 2.75) is 6.18 Å². The maximum Gasteiger partial charge on any atom is 0.455 e. The topological polar surface area (TPSA) is 17.1 Å². The highest BCUT2D eigenvalue weighted by atomic mass is 19.4. The number of carbonyl (C=O) groups is 1. The lowest BCUT2D eigenvalue weighted by Gasteiger charge is -2.07. The van der Waals surface area contributed by atoms with E-state index in [1.807, 2.05) is 0 Å². The molecule has 0 aliphatic heterocycles. The van der Waals surface area contributed by atoms with Gasteiger partial charge in [0.2, 0.25) is 0 Å². The Balaban J connectivity index is 3.38. The molecular weight excluding hydrogens is 226 g/mol. The van der Waals surface area contributed by atoms with E-state index in [2.05, 4.69) is 0 Å². The van der Waals surface area contributed by atoms with E-state index in [9.17, 15) is 31.1 Å². The first-order valence-electron chi connectivity index (χ1n) is 3.50. The summed E-state index contributed by atoms with van der Waals surface area (Å²) in [5.41, 5.74) is -1.93. The molecule has 0 aliphatic rings. The first-order chi connectivity index (χ1) is 6.75. The molecule has 0 atom stereocenters. The average molecular weight is 228 g/mol. The van der Waals surface area contributed by atoms with Gasteiger partial charge in [-0.3, -0.25) is 4.79 Å². The minimum Gasteiger partial charge on any atom is -0.284 e. The molecule has 0 fully saturated rings. The van der Waals surface area contributed by atoms with E-state index in [-0.39, 0.29) is 12.1 Å². The second kappa shape index (κ2) is 3.56. The predicted molar refractivity (Wildman–Crippen MR) is 36.7 cm³/mol. The van der Waals surface area contributed by atoms with E-state index in [1.54, 1.807) is 0 Å². The van der Waals surface area contributed by atoms with Gasteiger partial charge in [-0.25, -0.2) is 13.2 Å². The molecule has 0 bridgehead atoms. The second-order valence-corrected chi connectivity index (χ2v) is 2.55. The molecule has 1 nitrogen and oxygen atoms in total. The molecule has 82 valence electrons. The maximum absolute atomic E-state index is 12.7. The summed E-state index contributed by atoms with van der Waals surface area (Å²) in [4.78, 5) is 10.5. The molecule has 0 heterocycles. The van der Waals surface area contributed by atoms with Crippen LogP contribution in [0.15, 0.2) is 12.1 Å². The van der Waals surface area contributed by atoms with Crippen molar-refractivity contribution in [3.8, 4) is 0 Å². The fourth-order valence-corrected chi connectivity index (χ4v) is 0.877. The minimum absolute atomic E-state index is 0.247. The molecule has 0 aromatic heterocycles. The minimum atomic E-state index is -5.45. The van der Waals surface area contributed by atoms with Crippen molar-refractivity contribution >= 4 is 5.78 Å². The molecular formula is C8H2F6O. The summed E-state index contributed by atoms with van der Waals surface area (Å²) in [5.74, 6) is -8.37. The van der Waals surface area contributed by atoms with Gasteiger partial charge in [-0.05, 0) is 12.1 Å². The molecule has 0 saturated carbocycles. The maximum atomic E-state index is 12.7. The molecule has 0 saturated heterocycles. The first-order valence-corrected chi connectivity index (χ1v) is 3.50. The number of benzene rings is 1. The van der Waals surface area contributed by atoms with Crippen molar-refractivity contribution in [2.75, 3.05) is 0 Å². The predicted octanol–water partition coefficient (Wildman–Crippen LogP) is 2.85. The Morgan fingerprint density at radius 3 is 1.93 bits per heavy atom. The Morgan fingerprint density at radius 2 is 1.47 bits per heavy atom. The van der Waals surface area contributed by atoms with Gasteiger partial charge in [0.25, 0.3) is 5.78 Å². The number of rotatable bonds is 1. The number of ketones is 1. The fourth-order valence-electron chi connectivity index (χ4n) is 0.877. The summed E-state index contributed by atoms with van der Waals surface area (Å²) in [6, 6.07) is 0.537. The summed E-state index contributed by atoms with van der Waals surface area (Å²) in [7, 11) is 0. The third kappa shape index (κ3) is 2.11. The zero-order valence-corrected chi connectivity index (χ0v) is 6.83. The molecule has 1 aromatic carbocycles. The lowest BCUT2D eigenvalue weighted by Crippen LogP contribution is -2.25. The largest absolute Gasteiger partial charge is 0.455 e. The van der Waals surface area contributed by atoms with E-state index in [1.165, 1.54) is 0 Å². The number of halogens is 6. The molecule has 7 heteroatoms. The summed E-state index contributed by atoms with van der Waals surface area (Å²) in [6.07, 6.45) is -5.45. The lowest BCUT2D eigenvalue weighted by atomic mass is 10.1. The van der Waals surface area contributed by atoms with E-state index in [0.717, 1.165) is 0 Å². The van der Waals surface area contributed by atoms with Crippen LogP contribution in [0.25, 0.3) is 0 Å². The van der Waals surface area contributed by atoms with Crippen LogP contribution < -0.4 is 0 Å². The van der Waals surface area contributed by atoms with Gasteiger partial charge in [0.05, 0.1) is 0 Å². The first kappa shape index (κ1) is 11.5. The van der Waals surface area contributed by atoms with E-state index in [0.29, 0.717) is 0 Å². The fraction of sp³-hybridized carbons (Fsp3) is 0.125. The molecule has 0 radical (unpaired) electrons. The van der Waals surface area contributed by atoms with Gasteiger partial charge in [0.1, 0.15) is 11.4 Å². The van der Waals surface area contributed by atoms with E-state index in [4.69, 9.17) is 0 Å². The Hall–Kier alpha value is -1.53. The van der Waals surface area contributed by atoms with Crippen molar-refractivity contribution < 1.29 is 31.1 Å². The number of alkyl halides is 3. The molecule has 1 aromatic rings. The Kier molecular flexibility index (Phi) is 2.74. The smallest absolute Gasteiger partial charge is 0.284 e. The van der Waals surface area contributed by atoms with Crippen molar-refractivity contribution in [3.63, 3.8) is 0 Å². The molecule has 0 unspecified atom stereocenters. The van der Waals surface area contributed by atoms with E-state index >= 15 is 0 Å². The monoisotopic (exact) mass is 228 g/mol. The van der Waals surface area contributed by atoms with Crippen LogP contribution in [0.3, 0.4) is 0 Å². The summed E-state index contributed by atoms with van der Waals surface area (Å²) < 4.78 is 73.3. The van der Waals surface area contributed by atoms with Crippen LogP contribution in [0, 0.1) is 17.5 Å². The van der Waals surface area contributed by atoms with Crippen LogP contribution in [-0.2, 0) is 0 Å². The van der Waals surface area contributed by atoms with Gasteiger partial charge in [0.15, 0.2) is 11.6 Å². The van der Waals surface area contributed by atoms with Gasteiger partial charge in [0, 0.05) is 0 Å². The van der Waals surface area contributed by atoms with Crippen LogP contribution in [0.4, 0.5) is 26.3 Å². The third-order valence-corrected chi connectivity index (χ3v) is 1.53. The summed E-state index contributed by atoms with van der Waals surface area (Å²) >= 11 is 0. The molecule has 0 spiro atoms. The molecule has 0 amide bonds. The van der Waals surface area contributed by atoms with Crippen molar-refractivity contribution in [1.29, 1.82) is 0 Å². The number of Topliss-reactive ketones (excluding diaryl/α,β-unsaturated/α-hetero) is 1. The zero-order valence-electron chi connectivity index (χ0n) is 6.83. The zero-order chi connectivity index (χ0) is 11.8. The molecule has 15 heavy (non-hydrogen) atoms. The van der Waals surface area contributed by atoms with Crippen LogP contribution in [0.2, 0.25) is 0 Å². The van der Waals surface area contributed by atoms with Gasteiger partial charge in [-0.1, -0.05) is 0 Å². The average Bonchev–Trinajstić information content (AvgIpc) is 2.10. The summed E-state index contributed by atoms with van der Waals surface area (Å²) in [6.45, 7) is 0.